The zero-order valence-electron chi connectivity index (χ0n) is 24.8. The standard InChI is InChI=1S/C41H32N2O/c1-41(2)34-16-7-9-18-37(34)44-38-26-32(23-24-35(38)41)31-14-10-13-30(25-31)27-19-21-29(22-20-27)40-42-36-17-8-6-15-33(36)39(43-40)28-11-4-3-5-12-28/h3-26,39H,1-2H3,(H,42,43). The van der Waals surface area contributed by atoms with Gasteiger partial charge in [0.2, 0.25) is 0 Å². The Hall–Kier alpha value is -5.41. The summed E-state index contributed by atoms with van der Waals surface area (Å²) >= 11 is 0. The number of anilines is 1. The molecule has 0 aliphatic carbocycles. The van der Waals surface area contributed by atoms with E-state index in [-0.39, 0.29) is 11.5 Å². The molecule has 0 saturated carbocycles. The Morgan fingerprint density at radius 3 is 2.02 bits per heavy atom. The highest BCUT2D eigenvalue weighted by Crippen LogP contribution is 2.48. The van der Waals surface area contributed by atoms with Gasteiger partial charge >= 0.3 is 0 Å². The highest BCUT2D eigenvalue weighted by Gasteiger charge is 2.34. The minimum Gasteiger partial charge on any atom is -0.457 e. The third-order valence-corrected chi connectivity index (χ3v) is 9.00. The van der Waals surface area contributed by atoms with Crippen molar-refractivity contribution >= 4 is 11.5 Å². The summed E-state index contributed by atoms with van der Waals surface area (Å²) in [6.45, 7) is 4.54. The number of aliphatic imine (C=N–C) groups is 1. The molecule has 0 radical (unpaired) electrons. The quantitative estimate of drug-likeness (QED) is 0.229. The van der Waals surface area contributed by atoms with Gasteiger partial charge in [0.25, 0.3) is 0 Å². The van der Waals surface area contributed by atoms with Crippen molar-refractivity contribution in [1.29, 1.82) is 0 Å². The van der Waals surface area contributed by atoms with Gasteiger partial charge in [-0.25, -0.2) is 0 Å². The highest BCUT2D eigenvalue weighted by molar-refractivity contribution is 6.10. The van der Waals surface area contributed by atoms with Crippen LogP contribution in [0.25, 0.3) is 22.3 Å². The Labute approximate surface area is 258 Å². The third-order valence-electron chi connectivity index (χ3n) is 9.00. The minimum absolute atomic E-state index is 0.0420. The number of amidine groups is 1. The monoisotopic (exact) mass is 568 g/mol. The molecular weight excluding hydrogens is 536 g/mol. The van der Waals surface area contributed by atoms with Gasteiger partial charge in [-0.1, -0.05) is 135 Å². The van der Waals surface area contributed by atoms with E-state index in [1.165, 1.54) is 27.8 Å². The number of ether oxygens (including phenoxy) is 1. The summed E-state index contributed by atoms with van der Waals surface area (Å²) in [6.07, 6.45) is 0. The van der Waals surface area contributed by atoms with Gasteiger partial charge in [-0.2, -0.15) is 0 Å². The lowest BCUT2D eigenvalue weighted by Gasteiger charge is -2.34. The Morgan fingerprint density at radius 1 is 0.545 bits per heavy atom. The van der Waals surface area contributed by atoms with E-state index in [0.29, 0.717) is 0 Å². The van der Waals surface area contributed by atoms with E-state index in [1.807, 2.05) is 12.1 Å². The predicted octanol–water partition coefficient (Wildman–Crippen LogP) is 10.4. The van der Waals surface area contributed by atoms with Crippen LogP contribution in [0.5, 0.6) is 11.5 Å². The topological polar surface area (TPSA) is 33.6 Å². The van der Waals surface area contributed by atoms with Crippen LogP contribution in [0.4, 0.5) is 5.69 Å². The highest BCUT2D eigenvalue weighted by atomic mass is 16.5. The van der Waals surface area contributed by atoms with Crippen molar-refractivity contribution in [3.05, 3.63) is 173 Å². The maximum Gasteiger partial charge on any atom is 0.133 e. The molecule has 0 spiro atoms. The number of nitrogens with one attached hydrogen (secondary N) is 1. The summed E-state index contributed by atoms with van der Waals surface area (Å²) in [6, 6.07) is 51.3. The molecule has 8 rings (SSSR count). The minimum atomic E-state index is -0.118. The van der Waals surface area contributed by atoms with E-state index in [1.54, 1.807) is 0 Å². The van der Waals surface area contributed by atoms with E-state index in [9.17, 15) is 0 Å². The molecule has 2 heterocycles. The lowest BCUT2D eigenvalue weighted by Crippen LogP contribution is -2.24. The largest absolute Gasteiger partial charge is 0.457 e. The zero-order chi connectivity index (χ0) is 29.7. The average Bonchev–Trinajstić information content (AvgIpc) is 3.08. The third kappa shape index (κ3) is 4.49. The second kappa shape index (κ2) is 10.4. The molecule has 2 aliphatic heterocycles. The van der Waals surface area contributed by atoms with Gasteiger partial charge in [0.05, 0.1) is 0 Å². The van der Waals surface area contributed by atoms with Crippen molar-refractivity contribution in [3.8, 4) is 33.8 Å². The van der Waals surface area contributed by atoms with Crippen molar-refractivity contribution in [1.82, 2.24) is 0 Å². The number of benzene rings is 6. The maximum atomic E-state index is 6.40. The summed E-state index contributed by atoms with van der Waals surface area (Å²) < 4.78 is 6.40. The lowest BCUT2D eigenvalue weighted by atomic mass is 9.75. The van der Waals surface area contributed by atoms with Crippen LogP contribution in [-0.2, 0) is 5.41 Å². The van der Waals surface area contributed by atoms with Crippen LogP contribution in [0.3, 0.4) is 0 Å². The molecule has 212 valence electrons. The Morgan fingerprint density at radius 2 is 1.18 bits per heavy atom. The molecule has 1 unspecified atom stereocenters. The van der Waals surface area contributed by atoms with E-state index in [4.69, 9.17) is 9.73 Å². The SMILES string of the molecule is CC1(C)c2ccccc2Oc2cc(-c3cccc(-c4ccc(C5=NC(c6ccccc6)c6ccccc6N5)cc4)c3)ccc21. The van der Waals surface area contributed by atoms with Gasteiger partial charge in [0, 0.05) is 33.4 Å². The summed E-state index contributed by atoms with van der Waals surface area (Å²) in [5.74, 6) is 2.75. The van der Waals surface area contributed by atoms with Crippen molar-refractivity contribution in [2.45, 2.75) is 25.3 Å². The first-order chi connectivity index (χ1) is 21.5. The molecule has 6 aromatic carbocycles. The molecule has 0 aromatic heterocycles. The maximum absolute atomic E-state index is 6.40. The second-order valence-corrected chi connectivity index (χ2v) is 12.1. The average molecular weight is 569 g/mol. The van der Waals surface area contributed by atoms with Crippen LogP contribution in [-0.4, -0.2) is 5.84 Å². The summed E-state index contributed by atoms with van der Waals surface area (Å²) in [4.78, 5) is 5.17. The number of hydrogen-bond acceptors (Lipinski definition) is 3. The molecular formula is C41H32N2O. The number of nitrogens with zero attached hydrogens (tertiary/aromatic N) is 1. The van der Waals surface area contributed by atoms with Crippen LogP contribution in [0.1, 0.15) is 47.7 Å². The molecule has 6 aromatic rings. The molecule has 0 fully saturated rings. The van der Waals surface area contributed by atoms with Gasteiger partial charge < -0.3 is 10.1 Å². The van der Waals surface area contributed by atoms with Gasteiger partial charge in [-0.05, 0) is 52.1 Å². The summed E-state index contributed by atoms with van der Waals surface area (Å²) in [5, 5.41) is 3.58. The summed E-state index contributed by atoms with van der Waals surface area (Å²) in [5.41, 5.74) is 11.5. The molecule has 0 saturated heterocycles. The van der Waals surface area contributed by atoms with Crippen molar-refractivity contribution in [2.24, 2.45) is 4.99 Å². The Bertz CT molecular complexity index is 2040. The second-order valence-electron chi connectivity index (χ2n) is 12.1. The van der Waals surface area contributed by atoms with Crippen molar-refractivity contribution in [2.75, 3.05) is 5.32 Å². The first-order valence-corrected chi connectivity index (χ1v) is 15.2. The fourth-order valence-corrected chi connectivity index (χ4v) is 6.58. The number of fused-ring (bicyclic) bond motifs is 3. The van der Waals surface area contributed by atoms with Gasteiger partial charge in [0.15, 0.2) is 0 Å². The van der Waals surface area contributed by atoms with Gasteiger partial charge in [-0.15, -0.1) is 0 Å². The van der Waals surface area contributed by atoms with E-state index < -0.39 is 0 Å². The normalized spacial score (nSPS) is 16.0. The lowest BCUT2D eigenvalue weighted by molar-refractivity contribution is 0.418. The number of hydrogen-bond donors (Lipinski definition) is 1. The Balaban J connectivity index is 1.09. The Kier molecular flexibility index (Phi) is 6.20. The van der Waals surface area contributed by atoms with Crippen molar-refractivity contribution in [3.63, 3.8) is 0 Å². The summed E-state index contributed by atoms with van der Waals surface area (Å²) in [7, 11) is 0. The van der Waals surface area contributed by atoms with Crippen LogP contribution in [0, 0.1) is 0 Å². The van der Waals surface area contributed by atoms with Gasteiger partial charge in [-0.3, -0.25) is 4.99 Å². The molecule has 1 N–H and O–H groups in total. The van der Waals surface area contributed by atoms with E-state index >= 15 is 0 Å². The molecule has 0 bridgehead atoms. The molecule has 0 amide bonds. The smallest absolute Gasteiger partial charge is 0.133 e. The molecule has 1 atom stereocenters. The van der Waals surface area contributed by atoms with Crippen LogP contribution in [0.2, 0.25) is 0 Å². The molecule has 3 heteroatoms. The van der Waals surface area contributed by atoms with Crippen LogP contribution >= 0.6 is 0 Å². The zero-order valence-corrected chi connectivity index (χ0v) is 24.8. The molecule has 3 nitrogen and oxygen atoms in total. The number of para-hydroxylation sites is 2. The van der Waals surface area contributed by atoms with Gasteiger partial charge in [0.1, 0.15) is 23.4 Å². The first kappa shape index (κ1) is 26.2. The molecule has 2 aliphatic rings. The number of rotatable bonds is 4. The van der Waals surface area contributed by atoms with Crippen LogP contribution < -0.4 is 10.1 Å². The molecule has 44 heavy (non-hydrogen) atoms. The first-order valence-electron chi connectivity index (χ1n) is 15.2. The fourth-order valence-electron chi connectivity index (χ4n) is 6.58. The fraction of sp³-hybridized carbons (Fsp3) is 0.0976. The predicted molar refractivity (Wildman–Crippen MR) is 181 cm³/mol. The van der Waals surface area contributed by atoms with Crippen molar-refractivity contribution < 1.29 is 4.74 Å². The van der Waals surface area contributed by atoms with E-state index in [0.717, 1.165) is 45.3 Å². The van der Waals surface area contributed by atoms with Crippen LogP contribution in [0.15, 0.2) is 151 Å². The van der Waals surface area contributed by atoms with E-state index in [2.05, 4.69) is 153 Å².